The Morgan fingerprint density at radius 1 is 1.23 bits per heavy atom. The van der Waals surface area contributed by atoms with Crippen LogP contribution in [0.3, 0.4) is 0 Å². The van der Waals surface area contributed by atoms with Gasteiger partial charge in [-0.15, -0.1) is 0 Å². The Hall–Kier alpha value is -2.06. The average Bonchev–Trinajstić information content (AvgIpc) is 2.61. The Morgan fingerprint density at radius 2 is 1.96 bits per heavy atom. The van der Waals surface area contributed by atoms with Crippen LogP contribution in [0, 0.1) is 0 Å². The quantitative estimate of drug-likeness (QED) is 0.685. The minimum absolute atomic E-state index is 0.0116. The molecule has 0 heterocycles. The maximum absolute atomic E-state index is 12.6. The molecule has 0 unspecified atom stereocenters. The molecule has 0 radical (unpaired) electrons. The monoisotopic (exact) mass is 440 g/mol. The molecule has 140 valence electrons. The van der Waals surface area contributed by atoms with E-state index in [9.17, 15) is 13.2 Å². The van der Waals surface area contributed by atoms with Crippen molar-refractivity contribution in [2.45, 2.75) is 31.2 Å². The first-order valence-electron chi connectivity index (χ1n) is 8.04. The SMILES string of the molecule is CC[C@@H](C)NC(=O)c1cccc(S(=O)(=O)Nc2ccc(OC)c(Br)c2)c1. The summed E-state index contributed by atoms with van der Waals surface area (Å²) in [5, 5.41) is 2.82. The van der Waals surface area contributed by atoms with E-state index in [-0.39, 0.29) is 16.8 Å². The molecule has 0 fully saturated rings. The minimum Gasteiger partial charge on any atom is -0.496 e. The van der Waals surface area contributed by atoms with E-state index in [0.29, 0.717) is 21.5 Å². The molecule has 0 aliphatic carbocycles. The van der Waals surface area contributed by atoms with Crippen LogP contribution in [-0.4, -0.2) is 27.5 Å². The highest BCUT2D eigenvalue weighted by Gasteiger charge is 2.17. The number of hydrogen-bond acceptors (Lipinski definition) is 4. The maximum atomic E-state index is 12.6. The second kappa shape index (κ2) is 8.55. The number of halogens is 1. The number of ether oxygens (including phenoxy) is 1. The van der Waals surface area contributed by atoms with E-state index in [2.05, 4.69) is 26.0 Å². The summed E-state index contributed by atoms with van der Waals surface area (Å²) >= 11 is 3.32. The number of rotatable bonds is 7. The third kappa shape index (κ3) is 4.98. The van der Waals surface area contributed by atoms with E-state index in [1.54, 1.807) is 30.3 Å². The molecular weight excluding hydrogens is 420 g/mol. The van der Waals surface area contributed by atoms with Gasteiger partial charge in [-0.1, -0.05) is 13.0 Å². The number of carbonyl (C=O) groups is 1. The molecule has 0 spiro atoms. The molecule has 1 atom stereocenters. The molecule has 6 nitrogen and oxygen atoms in total. The Morgan fingerprint density at radius 3 is 2.58 bits per heavy atom. The molecule has 0 saturated heterocycles. The second-order valence-electron chi connectivity index (χ2n) is 5.77. The van der Waals surface area contributed by atoms with Crippen molar-refractivity contribution >= 4 is 37.5 Å². The van der Waals surface area contributed by atoms with Crippen LogP contribution in [0.4, 0.5) is 5.69 Å². The van der Waals surface area contributed by atoms with Crippen LogP contribution >= 0.6 is 15.9 Å². The average molecular weight is 441 g/mol. The molecule has 8 heteroatoms. The van der Waals surface area contributed by atoms with Gasteiger partial charge < -0.3 is 10.1 Å². The number of hydrogen-bond donors (Lipinski definition) is 2. The van der Waals surface area contributed by atoms with Crippen LogP contribution in [-0.2, 0) is 10.0 Å². The van der Waals surface area contributed by atoms with Gasteiger partial charge in [0.2, 0.25) is 0 Å². The van der Waals surface area contributed by atoms with Crippen LogP contribution in [0.1, 0.15) is 30.6 Å². The van der Waals surface area contributed by atoms with E-state index in [1.165, 1.54) is 19.2 Å². The highest BCUT2D eigenvalue weighted by molar-refractivity contribution is 9.10. The fourth-order valence-electron chi connectivity index (χ4n) is 2.16. The van der Waals surface area contributed by atoms with Gasteiger partial charge in [0.25, 0.3) is 15.9 Å². The lowest BCUT2D eigenvalue weighted by Crippen LogP contribution is -2.32. The number of benzene rings is 2. The Kier molecular flexibility index (Phi) is 6.66. The molecule has 1 amide bonds. The lowest BCUT2D eigenvalue weighted by Gasteiger charge is -2.13. The highest BCUT2D eigenvalue weighted by atomic mass is 79.9. The molecule has 0 aromatic heterocycles. The standard InChI is InChI=1S/C18H21BrN2O4S/c1-4-12(2)20-18(22)13-6-5-7-15(10-13)26(23,24)21-14-8-9-17(25-3)16(19)11-14/h5-12,21H,4H2,1-3H3,(H,20,22)/t12-/m1/s1. The van der Waals surface area contributed by atoms with Crippen molar-refractivity contribution in [3.8, 4) is 5.75 Å². The summed E-state index contributed by atoms with van der Waals surface area (Å²) in [5.74, 6) is 0.292. The zero-order chi connectivity index (χ0) is 19.3. The van der Waals surface area contributed by atoms with Crippen molar-refractivity contribution in [3.05, 3.63) is 52.5 Å². The summed E-state index contributed by atoms with van der Waals surface area (Å²) < 4.78 is 33.5. The van der Waals surface area contributed by atoms with E-state index in [0.717, 1.165) is 6.42 Å². The van der Waals surface area contributed by atoms with E-state index in [4.69, 9.17) is 4.74 Å². The molecule has 0 saturated carbocycles. The van der Waals surface area contributed by atoms with Crippen LogP contribution in [0.25, 0.3) is 0 Å². The zero-order valence-corrected chi connectivity index (χ0v) is 17.1. The van der Waals surface area contributed by atoms with Crippen molar-refractivity contribution in [1.82, 2.24) is 5.32 Å². The third-order valence-electron chi connectivity index (χ3n) is 3.80. The maximum Gasteiger partial charge on any atom is 0.261 e. The Bertz CT molecular complexity index is 900. The smallest absolute Gasteiger partial charge is 0.261 e. The molecule has 0 aliphatic heterocycles. The summed E-state index contributed by atoms with van der Waals surface area (Å²) in [6.07, 6.45) is 0.789. The molecule has 2 rings (SSSR count). The van der Waals surface area contributed by atoms with Gasteiger partial charge in [-0.2, -0.15) is 0 Å². The van der Waals surface area contributed by atoms with E-state index >= 15 is 0 Å². The summed E-state index contributed by atoms with van der Waals surface area (Å²) in [7, 11) is -2.30. The van der Waals surface area contributed by atoms with Crippen molar-refractivity contribution < 1.29 is 17.9 Å². The van der Waals surface area contributed by atoms with Crippen LogP contribution < -0.4 is 14.8 Å². The number of amides is 1. The van der Waals surface area contributed by atoms with Crippen LogP contribution in [0.15, 0.2) is 51.8 Å². The van der Waals surface area contributed by atoms with Crippen molar-refractivity contribution in [1.29, 1.82) is 0 Å². The van der Waals surface area contributed by atoms with E-state index in [1.807, 2.05) is 13.8 Å². The van der Waals surface area contributed by atoms with E-state index < -0.39 is 10.0 Å². The van der Waals surface area contributed by atoms with Gasteiger partial charge in [-0.25, -0.2) is 8.42 Å². The van der Waals surface area contributed by atoms with Crippen molar-refractivity contribution in [2.75, 3.05) is 11.8 Å². The van der Waals surface area contributed by atoms with Gasteiger partial charge in [0, 0.05) is 11.6 Å². The summed E-state index contributed by atoms with van der Waals surface area (Å²) in [5.41, 5.74) is 0.677. The normalized spacial score (nSPS) is 12.3. The molecular formula is C18H21BrN2O4S. The summed E-state index contributed by atoms with van der Waals surface area (Å²) in [6.45, 7) is 3.85. The van der Waals surface area contributed by atoms with Gasteiger partial charge in [-0.05, 0) is 65.7 Å². The summed E-state index contributed by atoms with van der Waals surface area (Å²) in [6, 6.07) is 10.8. The largest absolute Gasteiger partial charge is 0.496 e. The first-order chi connectivity index (χ1) is 12.3. The van der Waals surface area contributed by atoms with Gasteiger partial charge in [0.1, 0.15) is 5.75 Å². The van der Waals surface area contributed by atoms with Gasteiger partial charge in [-0.3, -0.25) is 9.52 Å². The van der Waals surface area contributed by atoms with Crippen molar-refractivity contribution in [2.24, 2.45) is 0 Å². The van der Waals surface area contributed by atoms with Crippen molar-refractivity contribution in [3.63, 3.8) is 0 Å². The lowest BCUT2D eigenvalue weighted by molar-refractivity contribution is 0.0939. The first kappa shape index (κ1) is 20.3. The topological polar surface area (TPSA) is 84.5 Å². The Balaban J connectivity index is 2.25. The fourth-order valence-corrected chi connectivity index (χ4v) is 3.79. The zero-order valence-electron chi connectivity index (χ0n) is 14.7. The highest BCUT2D eigenvalue weighted by Crippen LogP contribution is 2.29. The van der Waals surface area contributed by atoms with Gasteiger partial charge >= 0.3 is 0 Å². The third-order valence-corrected chi connectivity index (χ3v) is 5.80. The lowest BCUT2D eigenvalue weighted by atomic mass is 10.2. The molecule has 2 N–H and O–H groups in total. The molecule has 0 aliphatic rings. The molecule has 26 heavy (non-hydrogen) atoms. The minimum atomic E-state index is -3.83. The summed E-state index contributed by atoms with van der Waals surface area (Å²) in [4.78, 5) is 12.2. The number of carbonyl (C=O) groups excluding carboxylic acids is 1. The number of sulfonamides is 1. The predicted octanol–water partition coefficient (Wildman–Crippen LogP) is 3.79. The predicted molar refractivity (Wildman–Crippen MR) is 105 cm³/mol. The number of methoxy groups -OCH3 is 1. The van der Waals surface area contributed by atoms with Crippen LogP contribution in [0.2, 0.25) is 0 Å². The number of nitrogens with one attached hydrogen (secondary N) is 2. The molecule has 0 bridgehead atoms. The molecule has 2 aromatic carbocycles. The van der Waals surface area contributed by atoms with Crippen LogP contribution in [0.5, 0.6) is 5.75 Å². The Labute approximate surface area is 162 Å². The first-order valence-corrected chi connectivity index (χ1v) is 10.3. The number of anilines is 1. The van der Waals surface area contributed by atoms with Gasteiger partial charge in [0.05, 0.1) is 22.2 Å². The van der Waals surface area contributed by atoms with Gasteiger partial charge in [0.15, 0.2) is 0 Å². The second-order valence-corrected chi connectivity index (χ2v) is 8.30. The molecule has 2 aromatic rings. The fraction of sp³-hybridized carbons (Fsp3) is 0.278.